The second-order valence-corrected chi connectivity index (χ2v) is 3.31. The number of ether oxygens (including phenoxy) is 1. The summed E-state index contributed by atoms with van der Waals surface area (Å²) in [5.74, 6) is 0.522. The van der Waals surface area contributed by atoms with Gasteiger partial charge in [-0.25, -0.2) is 0 Å². The lowest BCUT2D eigenvalue weighted by Crippen LogP contribution is -1.85. The van der Waals surface area contributed by atoms with Crippen LogP contribution in [0.1, 0.15) is 0 Å². The van der Waals surface area contributed by atoms with E-state index in [1.807, 2.05) is 36.4 Å². The largest absolute Gasteiger partial charge is 0.386 e. The van der Waals surface area contributed by atoms with Crippen molar-refractivity contribution in [3.8, 4) is 12.0 Å². The fourth-order valence-electron chi connectivity index (χ4n) is 1.38. The molecule has 0 radical (unpaired) electrons. The highest BCUT2D eigenvalue weighted by Gasteiger charge is 2.05. The van der Waals surface area contributed by atoms with Gasteiger partial charge < -0.3 is 4.74 Å². The van der Waals surface area contributed by atoms with Crippen LogP contribution in [0.25, 0.3) is 10.8 Å². The van der Waals surface area contributed by atoms with Gasteiger partial charge in [-0.2, -0.15) is 0 Å². The zero-order chi connectivity index (χ0) is 9.97. The summed E-state index contributed by atoms with van der Waals surface area (Å²) in [7, 11) is 0. The van der Waals surface area contributed by atoms with Gasteiger partial charge in [0.25, 0.3) is 6.26 Å². The van der Waals surface area contributed by atoms with Crippen LogP contribution < -0.4 is 4.74 Å². The molecule has 2 rings (SSSR count). The van der Waals surface area contributed by atoms with Crippen LogP contribution in [-0.4, -0.2) is 0 Å². The molecule has 0 amide bonds. The molecule has 0 fully saturated rings. The molecule has 0 unspecified atom stereocenters. The number of rotatable bonds is 1. The van der Waals surface area contributed by atoms with Crippen molar-refractivity contribution < 1.29 is 4.74 Å². The van der Waals surface area contributed by atoms with E-state index in [1.54, 1.807) is 6.26 Å². The number of nitriles is 1. The first-order valence-corrected chi connectivity index (χ1v) is 4.54. The molecule has 0 N–H and O–H groups in total. The summed E-state index contributed by atoms with van der Waals surface area (Å²) in [6.07, 6.45) is 1.67. The maximum Gasteiger partial charge on any atom is 0.292 e. The van der Waals surface area contributed by atoms with E-state index >= 15 is 0 Å². The number of thiol groups is 1. The van der Waals surface area contributed by atoms with Gasteiger partial charge in [0.05, 0.1) is 0 Å². The Hall–Kier alpha value is -1.66. The van der Waals surface area contributed by atoms with Gasteiger partial charge in [-0.05, 0) is 11.5 Å². The number of hydrogen-bond donors (Lipinski definition) is 1. The third-order valence-corrected chi connectivity index (χ3v) is 2.36. The molecule has 0 saturated carbocycles. The number of hydrogen-bond acceptors (Lipinski definition) is 3. The van der Waals surface area contributed by atoms with Crippen molar-refractivity contribution in [2.45, 2.75) is 4.90 Å². The summed E-state index contributed by atoms with van der Waals surface area (Å²) in [5, 5.41) is 10.4. The average Bonchev–Trinajstić information content (AvgIpc) is 2.23. The van der Waals surface area contributed by atoms with Gasteiger partial charge in [-0.15, -0.1) is 17.9 Å². The topological polar surface area (TPSA) is 33.0 Å². The Morgan fingerprint density at radius 3 is 2.71 bits per heavy atom. The van der Waals surface area contributed by atoms with E-state index in [0.29, 0.717) is 10.6 Å². The van der Waals surface area contributed by atoms with Gasteiger partial charge in [-0.1, -0.05) is 30.3 Å². The average molecular weight is 201 g/mol. The second-order valence-electron chi connectivity index (χ2n) is 2.83. The molecule has 0 heterocycles. The fraction of sp³-hybridized carbons (Fsp3) is 0. The molecule has 14 heavy (non-hydrogen) atoms. The molecule has 0 aromatic heterocycles. The van der Waals surface area contributed by atoms with Gasteiger partial charge in [0, 0.05) is 10.3 Å². The first-order valence-electron chi connectivity index (χ1n) is 4.09. The molecule has 2 aromatic rings. The van der Waals surface area contributed by atoms with Crippen LogP contribution in [0.4, 0.5) is 0 Å². The predicted molar refractivity (Wildman–Crippen MR) is 57.4 cm³/mol. The lowest BCUT2D eigenvalue weighted by atomic mass is 10.1. The van der Waals surface area contributed by atoms with Gasteiger partial charge in [0.15, 0.2) is 5.75 Å². The zero-order valence-electron chi connectivity index (χ0n) is 7.27. The van der Waals surface area contributed by atoms with Crippen LogP contribution in [0.15, 0.2) is 41.3 Å². The molecule has 68 valence electrons. The maximum absolute atomic E-state index is 8.50. The van der Waals surface area contributed by atoms with Crippen LogP contribution >= 0.6 is 12.6 Å². The maximum atomic E-state index is 8.50. The van der Waals surface area contributed by atoms with E-state index < -0.39 is 0 Å². The summed E-state index contributed by atoms with van der Waals surface area (Å²) in [5.41, 5.74) is 0. The molecule has 0 saturated heterocycles. The van der Waals surface area contributed by atoms with E-state index in [0.717, 1.165) is 10.8 Å². The lowest BCUT2D eigenvalue weighted by Gasteiger charge is -2.04. The normalized spacial score (nSPS) is 9.71. The summed E-state index contributed by atoms with van der Waals surface area (Å²) < 4.78 is 4.88. The SMILES string of the molecule is N#COc1c(S)ccc2ccccc12. The molecule has 2 nitrogen and oxygen atoms in total. The highest BCUT2D eigenvalue weighted by atomic mass is 32.1. The van der Waals surface area contributed by atoms with Crippen LogP contribution in [0.2, 0.25) is 0 Å². The molecule has 2 aromatic carbocycles. The first kappa shape index (κ1) is 8.92. The predicted octanol–water partition coefficient (Wildman–Crippen LogP) is 2.99. The van der Waals surface area contributed by atoms with E-state index in [9.17, 15) is 0 Å². The first-order chi connectivity index (χ1) is 6.83. The molecule has 0 bridgehead atoms. The monoisotopic (exact) mass is 201 g/mol. The van der Waals surface area contributed by atoms with E-state index in [4.69, 9.17) is 10.00 Å². The Balaban J connectivity index is 2.77. The molecular formula is C11H7NOS. The molecule has 0 aliphatic heterocycles. The summed E-state index contributed by atoms with van der Waals surface area (Å²) in [6.45, 7) is 0. The number of benzene rings is 2. The van der Waals surface area contributed by atoms with Crippen molar-refractivity contribution in [3.05, 3.63) is 36.4 Å². The standard InChI is InChI=1S/C11H7NOS/c12-7-13-11-9-4-2-1-3-8(9)5-6-10(11)14/h1-6,14H. The smallest absolute Gasteiger partial charge is 0.292 e. The zero-order valence-corrected chi connectivity index (χ0v) is 8.16. The van der Waals surface area contributed by atoms with Crippen LogP contribution in [0.5, 0.6) is 5.75 Å². The second kappa shape index (κ2) is 3.60. The molecule has 0 aliphatic rings. The molecule has 3 heteroatoms. The highest BCUT2D eigenvalue weighted by molar-refractivity contribution is 7.80. The minimum Gasteiger partial charge on any atom is -0.386 e. The number of nitrogens with zero attached hydrogens (tertiary/aromatic N) is 1. The molecule has 0 atom stereocenters. The van der Waals surface area contributed by atoms with E-state index in [1.165, 1.54) is 0 Å². The molecule has 0 aliphatic carbocycles. The quantitative estimate of drug-likeness (QED) is 0.568. The van der Waals surface area contributed by atoms with E-state index in [2.05, 4.69) is 12.6 Å². The van der Waals surface area contributed by atoms with Gasteiger partial charge >= 0.3 is 0 Å². The van der Waals surface area contributed by atoms with Crippen LogP contribution in [0, 0.1) is 11.5 Å². The van der Waals surface area contributed by atoms with Crippen LogP contribution in [-0.2, 0) is 0 Å². The molecular weight excluding hydrogens is 194 g/mol. The Morgan fingerprint density at radius 2 is 1.93 bits per heavy atom. The third kappa shape index (κ3) is 1.40. The Bertz CT molecular complexity index is 516. The minimum atomic E-state index is 0.522. The summed E-state index contributed by atoms with van der Waals surface area (Å²) in [4.78, 5) is 0.672. The van der Waals surface area contributed by atoms with Gasteiger partial charge in [-0.3, -0.25) is 0 Å². The Morgan fingerprint density at radius 1 is 1.14 bits per heavy atom. The van der Waals surface area contributed by atoms with Crippen molar-refractivity contribution in [1.29, 1.82) is 5.26 Å². The minimum absolute atomic E-state index is 0.522. The highest BCUT2D eigenvalue weighted by Crippen LogP contribution is 2.31. The van der Waals surface area contributed by atoms with Crippen molar-refractivity contribution in [2.24, 2.45) is 0 Å². The van der Waals surface area contributed by atoms with Crippen molar-refractivity contribution in [1.82, 2.24) is 0 Å². The Labute approximate surface area is 87.1 Å². The van der Waals surface area contributed by atoms with Crippen molar-refractivity contribution in [3.63, 3.8) is 0 Å². The summed E-state index contributed by atoms with van der Waals surface area (Å²) in [6, 6.07) is 11.5. The Kier molecular flexibility index (Phi) is 2.30. The molecule has 0 spiro atoms. The van der Waals surface area contributed by atoms with Crippen LogP contribution in [0.3, 0.4) is 0 Å². The lowest BCUT2D eigenvalue weighted by molar-refractivity contribution is 0.501. The number of fused-ring (bicyclic) bond motifs is 1. The van der Waals surface area contributed by atoms with Gasteiger partial charge in [0.2, 0.25) is 0 Å². The van der Waals surface area contributed by atoms with Crippen molar-refractivity contribution >= 4 is 23.4 Å². The van der Waals surface area contributed by atoms with Gasteiger partial charge in [0.1, 0.15) is 0 Å². The summed E-state index contributed by atoms with van der Waals surface area (Å²) >= 11 is 4.23. The van der Waals surface area contributed by atoms with Crippen molar-refractivity contribution in [2.75, 3.05) is 0 Å². The fourth-order valence-corrected chi connectivity index (χ4v) is 1.63. The third-order valence-electron chi connectivity index (χ3n) is 2.01. The van der Waals surface area contributed by atoms with E-state index in [-0.39, 0.29) is 0 Å².